The van der Waals surface area contributed by atoms with Gasteiger partial charge in [0.1, 0.15) is 0 Å². The van der Waals surface area contributed by atoms with Crippen molar-refractivity contribution in [3.8, 4) is 0 Å². The van der Waals surface area contributed by atoms with Crippen molar-refractivity contribution in [2.24, 2.45) is 0 Å². The van der Waals surface area contributed by atoms with Crippen LogP contribution in [-0.4, -0.2) is 29.8 Å². The highest BCUT2D eigenvalue weighted by molar-refractivity contribution is 5.67. The number of carbonyl (C=O) groups is 1. The van der Waals surface area contributed by atoms with E-state index in [1.807, 2.05) is 20.8 Å². The first-order valence-corrected chi connectivity index (χ1v) is 5.22. The number of hydroxylamine groups is 2. The van der Waals surface area contributed by atoms with Gasteiger partial charge in [-0.15, -0.1) is 5.06 Å². The van der Waals surface area contributed by atoms with E-state index in [2.05, 4.69) is 5.32 Å². The Morgan fingerprint density at radius 1 is 1.21 bits per heavy atom. The molecule has 0 aromatic rings. The molecule has 0 atom stereocenters. The second kappa shape index (κ2) is 4.64. The average molecular weight is 200 g/mol. The minimum atomic E-state index is -0.348. The van der Waals surface area contributed by atoms with Gasteiger partial charge in [0.15, 0.2) is 0 Å². The molecule has 1 aliphatic heterocycles. The minimum absolute atomic E-state index is 0.229. The zero-order valence-electron chi connectivity index (χ0n) is 9.30. The molecule has 0 unspecified atom stereocenters. The molecular formula is C10H20N2O2. The Balaban J connectivity index is 2.25. The van der Waals surface area contributed by atoms with Gasteiger partial charge in [-0.1, -0.05) is 6.42 Å². The van der Waals surface area contributed by atoms with Crippen LogP contribution in [0.4, 0.5) is 4.79 Å². The smallest absolute Gasteiger partial charge is 0.351 e. The van der Waals surface area contributed by atoms with Crippen LogP contribution in [0.5, 0.6) is 0 Å². The lowest BCUT2D eigenvalue weighted by Gasteiger charge is -2.27. The van der Waals surface area contributed by atoms with E-state index in [0.29, 0.717) is 0 Å². The molecule has 1 rings (SSSR count). The number of amides is 1. The van der Waals surface area contributed by atoms with Crippen LogP contribution >= 0.6 is 0 Å². The number of nitrogens with zero attached hydrogens (tertiary/aromatic N) is 1. The quantitative estimate of drug-likeness (QED) is 0.703. The molecule has 4 nitrogen and oxygen atoms in total. The van der Waals surface area contributed by atoms with Crippen molar-refractivity contribution >= 4 is 6.09 Å². The molecule has 0 aromatic heterocycles. The Morgan fingerprint density at radius 3 is 2.29 bits per heavy atom. The van der Waals surface area contributed by atoms with Crippen LogP contribution in [0, 0.1) is 0 Å². The molecule has 0 aliphatic carbocycles. The Kier molecular flexibility index (Phi) is 3.75. The second-order valence-electron chi connectivity index (χ2n) is 4.74. The van der Waals surface area contributed by atoms with Gasteiger partial charge in [-0.25, -0.2) is 4.79 Å². The van der Waals surface area contributed by atoms with Gasteiger partial charge in [-0.05, 0) is 33.6 Å². The molecule has 0 bridgehead atoms. The first-order valence-electron chi connectivity index (χ1n) is 5.22. The predicted octanol–water partition coefficient (Wildman–Crippen LogP) is 1.91. The molecule has 82 valence electrons. The second-order valence-corrected chi connectivity index (χ2v) is 4.74. The van der Waals surface area contributed by atoms with Gasteiger partial charge in [0.25, 0.3) is 0 Å². The standard InChI is InChI=1S/C10H20N2O2/c1-10(2,3)11-9(13)14-12-7-5-4-6-8-12/h4-8H2,1-3H3,(H,11,13). The number of hydrogen-bond donors (Lipinski definition) is 1. The van der Waals surface area contributed by atoms with Crippen molar-refractivity contribution in [3.05, 3.63) is 0 Å². The van der Waals surface area contributed by atoms with Crippen LogP contribution in [-0.2, 0) is 4.84 Å². The highest BCUT2D eigenvalue weighted by atomic mass is 16.7. The summed E-state index contributed by atoms with van der Waals surface area (Å²) in [5.74, 6) is 0. The van der Waals surface area contributed by atoms with Crippen LogP contribution in [0.25, 0.3) is 0 Å². The van der Waals surface area contributed by atoms with Crippen LogP contribution in [0.15, 0.2) is 0 Å². The summed E-state index contributed by atoms with van der Waals surface area (Å²) in [6.07, 6.45) is 3.12. The number of carbonyl (C=O) groups excluding carboxylic acids is 1. The van der Waals surface area contributed by atoms with E-state index < -0.39 is 0 Å². The van der Waals surface area contributed by atoms with Crippen molar-refractivity contribution < 1.29 is 9.63 Å². The van der Waals surface area contributed by atoms with Gasteiger partial charge in [-0.3, -0.25) is 0 Å². The Bertz CT molecular complexity index is 193. The summed E-state index contributed by atoms with van der Waals surface area (Å²) in [5, 5.41) is 4.50. The van der Waals surface area contributed by atoms with E-state index in [1.165, 1.54) is 6.42 Å². The van der Waals surface area contributed by atoms with E-state index in [-0.39, 0.29) is 11.6 Å². The third-order valence-electron chi connectivity index (χ3n) is 2.00. The lowest BCUT2D eigenvalue weighted by Crippen LogP contribution is -2.44. The van der Waals surface area contributed by atoms with Crippen molar-refractivity contribution in [1.29, 1.82) is 0 Å². The largest absolute Gasteiger partial charge is 0.426 e. The van der Waals surface area contributed by atoms with Crippen molar-refractivity contribution in [2.75, 3.05) is 13.1 Å². The molecule has 1 aliphatic rings. The van der Waals surface area contributed by atoms with E-state index in [4.69, 9.17) is 4.84 Å². The van der Waals surface area contributed by atoms with E-state index >= 15 is 0 Å². The number of piperidine rings is 1. The maximum atomic E-state index is 11.4. The fourth-order valence-electron chi connectivity index (χ4n) is 1.40. The Hall–Kier alpha value is -0.770. The first kappa shape index (κ1) is 11.3. The van der Waals surface area contributed by atoms with E-state index in [1.54, 1.807) is 5.06 Å². The van der Waals surface area contributed by atoms with E-state index in [9.17, 15) is 4.79 Å². The molecule has 0 radical (unpaired) electrons. The normalized spacial score (nSPS) is 19.1. The number of rotatable bonds is 1. The molecule has 14 heavy (non-hydrogen) atoms. The van der Waals surface area contributed by atoms with Crippen LogP contribution in [0.2, 0.25) is 0 Å². The lowest BCUT2D eigenvalue weighted by atomic mass is 10.1. The Labute approximate surface area is 85.6 Å². The van der Waals surface area contributed by atoms with Crippen molar-refractivity contribution in [3.63, 3.8) is 0 Å². The maximum absolute atomic E-state index is 11.4. The van der Waals surface area contributed by atoms with Gasteiger partial charge in [0.2, 0.25) is 0 Å². The third-order valence-corrected chi connectivity index (χ3v) is 2.00. The summed E-state index contributed by atoms with van der Waals surface area (Å²) >= 11 is 0. The van der Waals surface area contributed by atoms with Crippen LogP contribution < -0.4 is 5.32 Å². The summed E-state index contributed by atoms with van der Waals surface area (Å²) < 4.78 is 0. The summed E-state index contributed by atoms with van der Waals surface area (Å²) in [6, 6.07) is 0. The SMILES string of the molecule is CC(C)(C)NC(=O)ON1CCCCC1. The summed E-state index contributed by atoms with van der Waals surface area (Å²) in [6.45, 7) is 7.52. The maximum Gasteiger partial charge on any atom is 0.426 e. The molecule has 1 fully saturated rings. The molecule has 0 aromatic carbocycles. The number of hydrogen-bond acceptors (Lipinski definition) is 3. The van der Waals surface area contributed by atoms with Gasteiger partial charge in [-0.2, -0.15) is 0 Å². The highest BCUT2D eigenvalue weighted by Crippen LogP contribution is 2.09. The van der Waals surface area contributed by atoms with Crippen molar-refractivity contribution in [2.45, 2.75) is 45.6 Å². The molecular weight excluding hydrogens is 180 g/mol. The fourth-order valence-corrected chi connectivity index (χ4v) is 1.40. The third kappa shape index (κ3) is 4.46. The van der Waals surface area contributed by atoms with Crippen LogP contribution in [0.1, 0.15) is 40.0 Å². The molecule has 4 heteroatoms. The monoisotopic (exact) mass is 200 g/mol. The fraction of sp³-hybridized carbons (Fsp3) is 0.900. The molecule has 1 heterocycles. The van der Waals surface area contributed by atoms with Gasteiger partial charge in [0.05, 0.1) is 0 Å². The molecule has 0 saturated carbocycles. The zero-order chi connectivity index (χ0) is 10.6. The Morgan fingerprint density at radius 2 is 1.79 bits per heavy atom. The topological polar surface area (TPSA) is 41.6 Å². The van der Waals surface area contributed by atoms with Gasteiger partial charge < -0.3 is 10.2 Å². The van der Waals surface area contributed by atoms with Crippen molar-refractivity contribution in [1.82, 2.24) is 10.4 Å². The van der Waals surface area contributed by atoms with Gasteiger partial charge >= 0.3 is 6.09 Å². The van der Waals surface area contributed by atoms with E-state index in [0.717, 1.165) is 25.9 Å². The predicted molar refractivity (Wildman–Crippen MR) is 54.8 cm³/mol. The number of nitrogens with one attached hydrogen (secondary N) is 1. The minimum Gasteiger partial charge on any atom is -0.351 e. The molecule has 1 N–H and O–H groups in total. The van der Waals surface area contributed by atoms with Crippen LogP contribution in [0.3, 0.4) is 0 Å². The summed E-state index contributed by atoms with van der Waals surface area (Å²) in [4.78, 5) is 16.5. The van der Waals surface area contributed by atoms with Gasteiger partial charge in [0, 0.05) is 18.6 Å². The molecule has 1 saturated heterocycles. The first-order chi connectivity index (χ1) is 6.47. The zero-order valence-corrected chi connectivity index (χ0v) is 9.30. The molecule has 1 amide bonds. The summed E-state index contributed by atoms with van der Waals surface area (Å²) in [5.41, 5.74) is -0.229. The highest BCUT2D eigenvalue weighted by Gasteiger charge is 2.19. The lowest BCUT2D eigenvalue weighted by molar-refractivity contribution is -0.112. The average Bonchev–Trinajstić information content (AvgIpc) is 2.02. The molecule has 0 spiro atoms. The summed E-state index contributed by atoms with van der Waals surface area (Å²) in [7, 11) is 0.